The van der Waals surface area contributed by atoms with Gasteiger partial charge in [-0.25, -0.2) is 9.78 Å². The first-order valence-electron chi connectivity index (χ1n) is 6.51. The Morgan fingerprint density at radius 3 is 2.68 bits per heavy atom. The van der Waals surface area contributed by atoms with Crippen LogP contribution < -0.4 is 5.32 Å². The van der Waals surface area contributed by atoms with Gasteiger partial charge < -0.3 is 14.8 Å². The molecule has 0 amide bonds. The standard InChI is InChI=1S/C15H15ClN2O4/c1-21-13(19)8-11(15(20)22-2)17-14-10-6-4-3-5-9(10)7-12(16)18-14/h3-7,11H,8H2,1-2H3,(H,17,18). The van der Waals surface area contributed by atoms with Crippen LogP contribution in [0.1, 0.15) is 6.42 Å². The maximum absolute atomic E-state index is 11.8. The zero-order valence-corrected chi connectivity index (χ0v) is 12.9. The lowest BCUT2D eigenvalue weighted by Gasteiger charge is -2.17. The Morgan fingerprint density at radius 2 is 2.00 bits per heavy atom. The van der Waals surface area contributed by atoms with Crippen LogP contribution in [0.25, 0.3) is 10.8 Å². The summed E-state index contributed by atoms with van der Waals surface area (Å²) in [5.74, 6) is -0.715. The van der Waals surface area contributed by atoms with Crippen molar-refractivity contribution in [2.75, 3.05) is 19.5 Å². The fraction of sp³-hybridized carbons (Fsp3) is 0.267. The quantitative estimate of drug-likeness (QED) is 0.673. The summed E-state index contributed by atoms with van der Waals surface area (Å²) < 4.78 is 9.29. The molecule has 1 heterocycles. The Kier molecular flexibility index (Phi) is 5.16. The second-order valence-corrected chi connectivity index (χ2v) is 4.90. The summed E-state index contributed by atoms with van der Waals surface area (Å²) in [6.07, 6.45) is -0.175. The minimum Gasteiger partial charge on any atom is -0.469 e. The molecule has 2 rings (SSSR count). The van der Waals surface area contributed by atoms with Gasteiger partial charge in [-0.15, -0.1) is 0 Å². The van der Waals surface area contributed by atoms with Crippen molar-refractivity contribution in [1.29, 1.82) is 0 Å². The summed E-state index contributed by atoms with van der Waals surface area (Å²) in [5, 5.41) is 4.84. The molecule has 2 aromatic rings. The smallest absolute Gasteiger partial charge is 0.328 e. The van der Waals surface area contributed by atoms with E-state index in [2.05, 4.69) is 15.0 Å². The predicted octanol–water partition coefficient (Wildman–Crippen LogP) is 2.40. The monoisotopic (exact) mass is 322 g/mol. The highest BCUT2D eigenvalue weighted by Gasteiger charge is 2.24. The van der Waals surface area contributed by atoms with E-state index in [1.54, 1.807) is 6.07 Å². The third-order valence-corrected chi connectivity index (χ3v) is 3.30. The molecule has 0 saturated carbocycles. The number of anilines is 1. The van der Waals surface area contributed by atoms with Crippen LogP contribution >= 0.6 is 11.6 Å². The summed E-state index contributed by atoms with van der Waals surface area (Å²) in [6.45, 7) is 0. The Labute approximate surface area is 132 Å². The van der Waals surface area contributed by atoms with E-state index in [0.29, 0.717) is 5.82 Å². The first-order valence-corrected chi connectivity index (χ1v) is 6.89. The molecule has 0 aliphatic carbocycles. The number of carbonyl (C=O) groups excluding carboxylic acids is 2. The third kappa shape index (κ3) is 3.65. The van der Waals surface area contributed by atoms with Crippen molar-refractivity contribution >= 4 is 40.1 Å². The number of nitrogens with zero attached hydrogens (tertiary/aromatic N) is 1. The predicted molar refractivity (Wildman–Crippen MR) is 82.8 cm³/mol. The zero-order valence-electron chi connectivity index (χ0n) is 12.1. The number of carbonyl (C=O) groups is 2. The van der Waals surface area contributed by atoms with E-state index in [9.17, 15) is 9.59 Å². The van der Waals surface area contributed by atoms with Crippen LogP contribution in [0.15, 0.2) is 30.3 Å². The number of benzene rings is 1. The van der Waals surface area contributed by atoms with Gasteiger partial charge in [0.2, 0.25) is 0 Å². The Hall–Kier alpha value is -2.34. The average Bonchev–Trinajstić information content (AvgIpc) is 2.53. The molecule has 0 fully saturated rings. The summed E-state index contributed by atoms with van der Waals surface area (Å²) in [5.41, 5.74) is 0. The molecule has 116 valence electrons. The van der Waals surface area contributed by atoms with Gasteiger partial charge in [0.15, 0.2) is 0 Å². The lowest BCUT2D eigenvalue weighted by atomic mass is 10.1. The zero-order chi connectivity index (χ0) is 16.1. The molecule has 0 aliphatic heterocycles. The van der Waals surface area contributed by atoms with Crippen molar-refractivity contribution in [3.05, 3.63) is 35.5 Å². The van der Waals surface area contributed by atoms with Crippen LogP contribution in [0, 0.1) is 0 Å². The molecule has 1 aromatic heterocycles. The maximum atomic E-state index is 11.8. The number of aromatic nitrogens is 1. The number of halogens is 1. The highest BCUT2D eigenvalue weighted by molar-refractivity contribution is 6.30. The van der Waals surface area contributed by atoms with Crippen molar-refractivity contribution in [2.24, 2.45) is 0 Å². The van der Waals surface area contributed by atoms with Gasteiger partial charge in [-0.3, -0.25) is 4.79 Å². The van der Waals surface area contributed by atoms with Gasteiger partial charge in [-0.2, -0.15) is 0 Å². The molecule has 6 nitrogen and oxygen atoms in total. The number of methoxy groups -OCH3 is 2. The largest absolute Gasteiger partial charge is 0.469 e. The number of pyridine rings is 1. The molecule has 1 atom stereocenters. The highest BCUT2D eigenvalue weighted by atomic mass is 35.5. The number of ether oxygens (including phenoxy) is 2. The molecular weight excluding hydrogens is 308 g/mol. The molecule has 22 heavy (non-hydrogen) atoms. The van der Waals surface area contributed by atoms with E-state index in [0.717, 1.165) is 10.8 Å². The van der Waals surface area contributed by atoms with E-state index in [-0.39, 0.29) is 11.6 Å². The molecular formula is C15H15ClN2O4. The van der Waals surface area contributed by atoms with E-state index >= 15 is 0 Å². The summed E-state index contributed by atoms with van der Waals surface area (Å²) in [4.78, 5) is 27.5. The number of esters is 2. The molecule has 0 bridgehead atoms. The minimum atomic E-state index is -0.910. The van der Waals surface area contributed by atoms with Crippen molar-refractivity contribution in [3.8, 4) is 0 Å². The normalized spacial score (nSPS) is 11.8. The topological polar surface area (TPSA) is 77.5 Å². The molecule has 0 spiro atoms. The van der Waals surface area contributed by atoms with Crippen LogP contribution in [0.2, 0.25) is 5.15 Å². The van der Waals surface area contributed by atoms with Gasteiger partial charge in [-0.1, -0.05) is 35.9 Å². The Balaban J connectivity index is 2.37. The highest BCUT2D eigenvalue weighted by Crippen LogP contribution is 2.25. The van der Waals surface area contributed by atoms with Crippen molar-refractivity contribution in [3.63, 3.8) is 0 Å². The first kappa shape index (κ1) is 16.0. The van der Waals surface area contributed by atoms with Crippen LogP contribution in [0.4, 0.5) is 5.82 Å². The van der Waals surface area contributed by atoms with Crippen molar-refractivity contribution in [1.82, 2.24) is 4.98 Å². The lowest BCUT2D eigenvalue weighted by molar-refractivity contribution is -0.148. The lowest BCUT2D eigenvalue weighted by Crippen LogP contribution is -2.33. The van der Waals surface area contributed by atoms with Crippen LogP contribution in [0.3, 0.4) is 0 Å². The average molecular weight is 323 g/mol. The SMILES string of the molecule is COC(=O)CC(Nc1nc(Cl)cc2ccccc12)C(=O)OC. The number of hydrogen-bond donors (Lipinski definition) is 1. The molecule has 7 heteroatoms. The van der Waals surface area contributed by atoms with Gasteiger partial charge in [0.05, 0.1) is 20.6 Å². The van der Waals surface area contributed by atoms with Crippen LogP contribution in [-0.4, -0.2) is 37.2 Å². The fourth-order valence-corrected chi connectivity index (χ4v) is 2.23. The summed E-state index contributed by atoms with van der Waals surface area (Å²) >= 11 is 5.99. The number of rotatable bonds is 5. The summed E-state index contributed by atoms with van der Waals surface area (Å²) in [7, 11) is 2.50. The Bertz CT molecular complexity index is 705. The van der Waals surface area contributed by atoms with E-state index < -0.39 is 18.0 Å². The van der Waals surface area contributed by atoms with Crippen LogP contribution in [0.5, 0.6) is 0 Å². The molecule has 0 aliphatic rings. The maximum Gasteiger partial charge on any atom is 0.328 e. The number of fused-ring (bicyclic) bond motifs is 1. The minimum absolute atomic E-state index is 0.175. The molecule has 1 aromatic carbocycles. The van der Waals surface area contributed by atoms with Crippen molar-refractivity contribution < 1.29 is 19.1 Å². The van der Waals surface area contributed by atoms with Gasteiger partial charge in [-0.05, 0) is 11.5 Å². The van der Waals surface area contributed by atoms with Gasteiger partial charge in [0, 0.05) is 5.39 Å². The van der Waals surface area contributed by atoms with E-state index in [4.69, 9.17) is 16.3 Å². The molecule has 0 saturated heterocycles. The van der Waals surface area contributed by atoms with Gasteiger partial charge in [0.1, 0.15) is 17.0 Å². The molecule has 1 N–H and O–H groups in total. The van der Waals surface area contributed by atoms with E-state index in [1.165, 1.54) is 14.2 Å². The van der Waals surface area contributed by atoms with E-state index in [1.807, 2.05) is 24.3 Å². The fourth-order valence-electron chi connectivity index (χ4n) is 2.03. The first-order chi connectivity index (χ1) is 10.5. The molecule has 1 unspecified atom stereocenters. The second kappa shape index (κ2) is 7.09. The number of hydrogen-bond acceptors (Lipinski definition) is 6. The number of nitrogens with one attached hydrogen (secondary N) is 1. The van der Waals surface area contributed by atoms with Gasteiger partial charge in [0.25, 0.3) is 0 Å². The van der Waals surface area contributed by atoms with Gasteiger partial charge >= 0.3 is 11.9 Å². The van der Waals surface area contributed by atoms with Crippen LogP contribution in [-0.2, 0) is 19.1 Å². The summed E-state index contributed by atoms with van der Waals surface area (Å²) in [6, 6.07) is 8.24. The Morgan fingerprint density at radius 1 is 1.27 bits per heavy atom. The second-order valence-electron chi connectivity index (χ2n) is 4.52. The third-order valence-electron chi connectivity index (χ3n) is 3.10. The molecule has 0 radical (unpaired) electrons. The van der Waals surface area contributed by atoms with Crippen molar-refractivity contribution in [2.45, 2.75) is 12.5 Å².